The van der Waals surface area contributed by atoms with Gasteiger partial charge in [-0.25, -0.2) is 0 Å². The van der Waals surface area contributed by atoms with Gasteiger partial charge in [0.25, 0.3) is 5.91 Å². The van der Waals surface area contributed by atoms with Crippen molar-refractivity contribution in [1.82, 2.24) is 15.1 Å². The topological polar surface area (TPSA) is 82.2 Å². The molecule has 1 rings (SSSR count). The third-order valence-electron chi connectivity index (χ3n) is 2.27. The molecule has 6 heteroatoms. The van der Waals surface area contributed by atoms with Gasteiger partial charge in [0.05, 0.1) is 17.9 Å². The lowest BCUT2D eigenvalue weighted by molar-refractivity contribution is 0.0942. The van der Waals surface area contributed by atoms with Crippen molar-refractivity contribution in [3.05, 3.63) is 17.5 Å². The fourth-order valence-electron chi connectivity index (χ4n) is 1.48. The van der Waals surface area contributed by atoms with Crippen molar-refractivity contribution in [3.8, 4) is 0 Å². The minimum absolute atomic E-state index is 0.0885. The summed E-state index contributed by atoms with van der Waals surface area (Å²) in [6.45, 7) is 4.12. The van der Waals surface area contributed by atoms with Crippen LogP contribution in [0.25, 0.3) is 0 Å². The normalized spacial score (nSPS) is 10.5. The Kier molecular flexibility index (Phi) is 5.65. The van der Waals surface area contributed by atoms with E-state index in [4.69, 9.17) is 10.5 Å². The van der Waals surface area contributed by atoms with Crippen LogP contribution in [0.4, 0.5) is 0 Å². The predicted octanol–water partition coefficient (Wildman–Crippen LogP) is -0.176. The van der Waals surface area contributed by atoms with E-state index < -0.39 is 0 Å². The van der Waals surface area contributed by atoms with E-state index in [-0.39, 0.29) is 5.91 Å². The Bertz CT molecular complexity index is 362. The molecule has 3 N–H and O–H groups in total. The molecule has 17 heavy (non-hydrogen) atoms. The van der Waals surface area contributed by atoms with E-state index in [0.29, 0.717) is 31.9 Å². The van der Waals surface area contributed by atoms with Gasteiger partial charge < -0.3 is 15.8 Å². The lowest BCUT2D eigenvalue weighted by atomic mass is 10.2. The summed E-state index contributed by atoms with van der Waals surface area (Å²) in [7, 11) is 1.80. The van der Waals surface area contributed by atoms with Gasteiger partial charge in [0, 0.05) is 32.9 Å². The van der Waals surface area contributed by atoms with Crippen LogP contribution in [0.5, 0.6) is 0 Å². The molecule has 0 spiro atoms. The average molecular weight is 240 g/mol. The molecule has 96 valence electrons. The van der Waals surface area contributed by atoms with Gasteiger partial charge in [-0.15, -0.1) is 0 Å². The highest BCUT2D eigenvalue weighted by Gasteiger charge is 2.11. The molecule has 0 bridgehead atoms. The zero-order valence-corrected chi connectivity index (χ0v) is 10.4. The number of aromatic nitrogens is 2. The molecule has 1 amide bonds. The molecule has 6 nitrogen and oxygen atoms in total. The second kappa shape index (κ2) is 7.03. The van der Waals surface area contributed by atoms with E-state index in [2.05, 4.69) is 10.4 Å². The smallest absolute Gasteiger partial charge is 0.254 e. The molecule has 0 atom stereocenters. The number of aryl methyl sites for hydroxylation is 2. The van der Waals surface area contributed by atoms with E-state index in [1.165, 1.54) is 0 Å². The SMILES string of the molecule is Cc1nn(C)cc1C(=O)NCCCOCCN. The lowest BCUT2D eigenvalue weighted by Crippen LogP contribution is -2.25. The number of hydrogen-bond donors (Lipinski definition) is 2. The molecule has 0 aliphatic carbocycles. The number of carbonyl (C=O) groups excluding carboxylic acids is 1. The summed E-state index contributed by atoms with van der Waals surface area (Å²) in [5, 5.41) is 6.94. The minimum atomic E-state index is -0.0885. The number of hydrogen-bond acceptors (Lipinski definition) is 4. The maximum absolute atomic E-state index is 11.7. The molecular formula is C11H20N4O2. The largest absolute Gasteiger partial charge is 0.380 e. The van der Waals surface area contributed by atoms with E-state index >= 15 is 0 Å². The summed E-state index contributed by atoms with van der Waals surface area (Å²) >= 11 is 0. The summed E-state index contributed by atoms with van der Waals surface area (Å²) in [4.78, 5) is 11.7. The van der Waals surface area contributed by atoms with Crippen LogP contribution in [0.15, 0.2) is 6.20 Å². The fraction of sp³-hybridized carbons (Fsp3) is 0.636. The summed E-state index contributed by atoms with van der Waals surface area (Å²) in [6.07, 6.45) is 2.50. The van der Waals surface area contributed by atoms with Crippen molar-refractivity contribution in [1.29, 1.82) is 0 Å². The van der Waals surface area contributed by atoms with Crippen LogP contribution in [0.1, 0.15) is 22.5 Å². The van der Waals surface area contributed by atoms with Crippen LogP contribution in [0, 0.1) is 6.92 Å². The van der Waals surface area contributed by atoms with Crippen LogP contribution < -0.4 is 11.1 Å². The Morgan fingerprint density at radius 1 is 1.59 bits per heavy atom. The van der Waals surface area contributed by atoms with Gasteiger partial charge in [0.2, 0.25) is 0 Å². The first-order valence-electron chi connectivity index (χ1n) is 5.71. The summed E-state index contributed by atoms with van der Waals surface area (Å²) in [5.41, 5.74) is 6.64. The van der Waals surface area contributed by atoms with Gasteiger partial charge in [-0.1, -0.05) is 0 Å². The van der Waals surface area contributed by atoms with Gasteiger partial charge in [0.1, 0.15) is 0 Å². The highest BCUT2D eigenvalue weighted by atomic mass is 16.5. The number of nitrogens with zero attached hydrogens (tertiary/aromatic N) is 2. The highest BCUT2D eigenvalue weighted by Crippen LogP contribution is 2.03. The first-order valence-corrected chi connectivity index (χ1v) is 5.71. The molecule has 0 saturated heterocycles. The van der Waals surface area contributed by atoms with E-state index in [1.54, 1.807) is 17.9 Å². The van der Waals surface area contributed by atoms with Crippen LogP contribution in [0.2, 0.25) is 0 Å². The van der Waals surface area contributed by atoms with E-state index in [0.717, 1.165) is 12.1 Å². The molecule has 0 saturated carbocycles. The predicted molar refractivity (Wildman–Crippen MR) is 64.8 cm³/mol. The van der Waals surface area contributed by atoms with Gasteiger partial charge in [-0.05, 0) is 13.3 Å². The standard InChI is InChI=1S/C11H20N4O2/c1-9-10(8-15(2)14-9)11(16)13-5-3-6-17-7-4-12/h8H,3-7,12H2,1-2H3,(H,13,16). The number of nitrogens with one attached hydrogen (secondary N) is 1. The number of nitrogens with two attached hydrogens (primary N) is 1. The van der Waals surface area contributed by atoms with Crippen molar-refractivity contribution in [2.24, 2.45) is 12.8 Å². The van der Waals surface area contributed by atoms with Crippen molar-refractivity contribution >= 4 is 5.91 Å². The van der Waals surface area contributed by atoms with Gasteiger partial charge in [-0.3, -0.25) is 9.48 Å². The summed E-state index contributed by atoms with van der Waals surface area (Å²) in [5.74, 6) is -0.0885. The second-order valence-corrected chi connectivity index (χ2v) is 3.81. The Morgan fingerprint density at radius 2 is 2.35 bits per heavy atom. The molecule has 0 aliphatic heterocycles. The zero-order chi connectivity index (χ0) is 12.7. The fourth-order valence-corrected chi connectivity index (χ4v) is 1.48. The molecule has 0 radical (unpaired) electrons. The monoisotopic (exact) mass is 240 g/mol. The molecule has 1 heterocycles. The molecule has 0 fully saturated rings. The number of carbonyl (C=O) groups is 1. The molecule has 0 unspecified atom stereocenters. The highest BCUT2D eigenvalue weighted by molar-refractivity contribution is 5.94. The maximum atomic E-state index is 11.7. The third kappa shape index (κ3) is 4.54. The number of amides is 1. The van der Waals surface area contributed by atoms with Gasteiger partial charge in [-0.2, -0.15) is 5.10 Å². The van der Waals surface area contributed by atoms with E-state index in [1.807, 2.05) is 6.92 Å². The van der Waals surface area contributed by atoms with Crippen molar-refractivity contribution in [2.75, 3.05) is 26.3 Å². The zero-order valence-electron chi connectivity index (χ0n) is 10.4. The Labute approximate surface area is 101 Å². The Morgan fingerprint density at radius 3 is 2.94 bits per heavy atom. The Hall–Kier alpha value is -1.40. The van der Waals surface area contributed by atoms with Gasteiger partial charge in [0.15, 0.2) is 0 Å². The lowest BCUT2D eigenvalue weighted by Gasteiger charge is -2.04. The summed E-state index contributed by atoms with van der Waals surface area (Å²) < 4.78 is 6.84. The molecule has 1 aromatic heterocycles. The molecule has 1 aromatic rings. The molecule has 0 aliphatic rings. The van der Waals surface area contributed by atoms with Crippen molar-refractivity contribution < 1.29 is 9.53 Å². The maximum Gasteiger partial charge on any atom is 0.254 e. The Balaban J connectivity index is 2.23. The van der Waals surface area contributed by atoms with Crippen LogP contribution >= 0.6 is 0 Å². The molecule has 0 aromatic carbocycles. The summed E-state index contributed by atoms with van der Waals surface area (Å²) in [6, 6.07) is 0. The van der Waals surface area contributed by atoms with Gasteiger partial charge >= 0.3 is 0 Å². The average Bonchev–Trinajstić information content (AvgIpc) is 2.62. The van der Waals surface area contributed by atoms with Crippen LogP contribution in [-0.4, -0.2) is 42.0 Å². The number of ether oxygens (including phenoxy) is 1. The number of rotatable bonds is 7. The van der Waals surface area contributed by atoms with E-state index in [9.17, 15) is 4.79 Å². The van der Waals surface area contributed by atoms with Crippen molar-refractivity contribution in [2.45, 2.75) is 13.3 Å². The first-order chi connectivity index (χ1) is 8.15. The first kappa shape index (κ1) is 13.7. The second-order valence-electron chi connectivity index (χ2n) is 3.81. The quantitative estimate of drug-likeness (QED) is 0.648. The third-order valence-corrected chi connectivity index (χ3v) is 2.27. The van der Waals surface area contributed by atoms with Crippen LogP contribution in [-0.2, 0) is 11.8 Å². The van der Waals surface area contributed by atoms with Crippen molar-refractivity contribution in [3.63, 3.8) is 0 Å². The van der Waals surface area contributed by atoms with Crippen LogP contribution in [0.3, 0.4) is 0 Å². The molecular weight excluding hydrogens is 220 g/mol. The minimum Gasteiger partial charge on any atom is -0.380 e.